The van der Waals surface area contributed by atoms with Crippen LogP contribution in [0.3, 0.4) is 0 Å². The van der Waals surface area contributed by atoms with Gasteiger partial charge in [-0.3, -0.25) is 0 Å². The van der Waals surface area contributed by atoms with Crippen molar-refractivity contribution in [1.82, 2.24) is 4.98 Å². The summed E-state index contributed by atoms with van der Waals surface area (Å²) in [6.45, 7) is 0.105. The lowest BCUT2D eigenvalue weighted by Gasteiger charge is -2.08. The van der Waals surface area contributed by atoms with Crippen molar-refractivity contribution in [1.29, 1.82) is 0 Å². The number of benzene rings is 2. The molecule has 5 heteroatoms. The van der Waals surface area contributed by atoms with E-state index in [1.54, 1.807) is 0 Å². The maximum atomic E-state index is 13.8. The normalized spacial score (nSPS) is 10.6. The first-order valence-corrected chi connectivity index (χ1v) is 6.64. The number of hydrogen-bond donors (Lipinski definition) is 1. The maximum absolute atomic E-state index is 13.8. The zero-order valence-electron chi connectivity index (χ0n) is 11.5. The molecule has 0 aliphatic heterocycles. The van der Waals surface area contributed by atoms with Crippen LogP contribution in [0.15, 0.2) is 54.6 Å². The molecule has 0 bridgehead atoms. The quantitative estimate of drug-likeness (QED) is 0.798. The summed E-state index contributed by atoms with van der Waals surface area (Å²) in [5.74, 6) is -1.89. The van der Waals surface area contributed by atoms with Crippen LogP contribution in [0.2, 0.25) is 0 Å². The second kappa shape index (κ2) is 5.81. The second-order valence-electron chi connectivity index (χ2n) is 4.73. The number of aromatic carboxylic acids is 1. The Labute approximate surface area is 125 Å². The van der Waals surface area contributed by atoms with Gasteiger partial charge in [0.05, 0.1) is 16.8 Å². The molecule has 22 heavy (non-hydrogen) atoms. The minimum Gasteiger partial charge on any atom is -0.484 e. The minimum absolute atomic E-state index is 0.0000383. The number of ether oxygens (including phenoxy) is 1. The Morgan fingerprint density at radius 3 is 2.73 bits per heavy atom. The Morgan fingerprint density at radius 1 is 1.14 bits per heavy atom. The molecule has 0 aliphatic rings. The number of carboxylic acids is 1. The Morgan fingerprint density at radius 2 is 1.95 bits per heavy atom. The van der Waals surface area contributed by atoms with E-state index in [4.69, 9.17) is 9.84 Å². The van der Waals surface area contributed by atoms with Gasteiger partial charge in [0, 0.05) is 5.39 Å². The first-order valence-electron chi connectivity index (χ1n) is 6.64. The summed E-state index contributed by atoms with van der Waals surface area (Å²) in [4.78, 5) is 15.2. The molecular weight excluding hydrogens is 285 g/mol. The van der Waals surface area contributed by atoms with Gasteiger partial charge >= 0.3 is 5.97 Å². The van der Waals surface area contributed by atoms with Crippen LogP contribution >= 0.6 is 0 Å². The number of carboxylic acid groups (broad SMARTS) is 1. The number of aromatic nitrogens is 1. The molecule has 110 valence electrons. The van der Waals surface area contributed by atoms with Gasteiger partial charge in [-0.05, 0) is 30.3 Å². The lowest BCUT2D eigenvalue weighted by molar-refractivity contribution is 0.0696. The van der Waals surface area contributed by atoms with E-state index in [0.29, 0.717) is 5.69 Å². The van der Waals surface area contributed by atoms with Crippen LogP contribution in [0, 0.1) is 5.82 Å². The zero-order valence-corrected chi connectivity index (χ0v) is 11.5. The highest BCUT2D eigenvalue weighted by molar-refractivity contribution is 5.87. The Kier molecular flexibility index (Phi) is 3.70. The van der Waals surface area contributed by atoms with Gasteiger partial charge in [0.1, 0.15) is 6.61 Å². The molecule has 1 N–H and O–H groups in total. The van der Waals surface area contributed by atoms with Crippen LogP contribution in [-0.4, -0.2) is 16.1 Å². The highest BCUT2D eigenvalue weighted by Gasteiger charge is 2.09. The topological polar surface area (TPSA) is 59.4 Å². The van der Waals surface area contributed by atoms with Gasteiger partial charge in [0.25, 0.3) is 0 Å². The fourth-order valence-electron chi connectivity index (χ4n) is 2.09. The summed E-state index contributed by atoms with van der Waals surface area (Å²) in [6, 6.07) is 14.9. The fraction of sp³-hybridized carbons (Fsp3) is 0.0588. The van der Waals surface area contributed by atoms with Gasteiger partial charge in [0.15, 0.2) is 11.6 Å². The standard InChI is InChI=1S/C17H12FNO3/c18-14-9-12(17(20)21)6-8-16(14)22-10-13-7-5-11-3-1-2-4-15(11)19-13/h1-9H,10H2,(H,20,21). The van der Waals surface area contributed by atoms with Crippen molar-refractivity contribution in [2.75, 3.05) is 0 Å². The van der Waals surface area contributed by atoms with Crippen LogP contribution in [0.4, 0.5) is 4.39 Å². The second-order valence-corrected chi connectivity index (χ2v) is 4.73. The number of rotatable bonds is 4. The van der Waals surface area contributed by atoms with Crippen LogP contribution in [0.25, 0.3) is 10.9 Å². The van der Waals surface area contributed by atoms with E-state index < -0.39 is 11.8 Å². The Balaban J connectivity index is 1.77. The predicted molar refractivity (Wildman–Crippen MR) is 79.4 cm³/mol. The first kappa shape index (κ1) is 14.0. The largest absolute Gasteiger partial charge is 0.484 e. The van der Waals surface area contributed by atoms with Gasteiger partial charge < -0.3 is 9.84 Å². The molecule has 0 amide bonds. The molecule has 4 nitrogen and oxygen atoms in total. The van der Waals surface area contributed by atoms with E-state index >= 15 is 0 Å². The molecule has 1 heterocycles. The van der Waals surface area contributed by atoms with E-state index in [1.807, 2.05) is 36.4 Å². The highest BCUT2D eigenvalue weighted by Crippen LogP contribution is 2.20. The third-order valence-electron chi connectivity index (χ3n) is 3.21. The first-order chi connectivity index (χ1) is 10.6. The summed E-state index contributed by atoms with van der Waals surface area (Å²) in [5.41, 5.74) is 1.39. The third kappa shape index (κ3) is 2.88. The number of hydrogen-bond acceptors (Lipinski definition) is 3. The summed E-state index contributed by atoms with van der Waals surface area (Å²) >= 11 is 0. The summed E-state index contributed by atoms with van der Waals surface area (Å²) < 4.78 is 19.1. The van der Waals surface area contributed by atoms with Crippen molar-refractivity contribution >= 4 is 16.9 Å². The van der Waals surface area contributed by atoms with Gasteiger partial charge in [-0.2, -0.15) is 0 Å². The van der Waals surface area contributed by atoms with Crippen molar-refractivity contribution in [2.45, 2.75) is 6.61 Å². The molecule has 3 aromatic rings. The Bertz CT molecular complexity index is 848. The van der Waals surface area contributed by atoms with Crippen LogP contribution in [0.5, 0.6) is 5.75 Å². The third-order valence-corrected chi connectivity index (χ3v) is 3.21. The molecular formula is C17H12FNO3. The van der Waals surface area contributed by atoms with Crippen LogP contribution in [0.1, 0.15) is 16.1 Å². The average Bonchev–Trinajstić information content (AvgIpc) is 2.53. The number of halogens is 1. The summed E-state index contributed by atoms with van der Waals surface area (Å²) in [5, 5.41) is 9.81. The van der Waals surface area contributed by atoms with Crippen LogP contribution in [-0.2, 0) is 6.61 Å². The molecule has 1 aromatic heterocycles. The number of nitrogens with zero attached hydrogens (tertiary/aromatic N) is 1. The predicted octanol–water partition coefficient (Wildman–Crippen LogP) is 3.65. The average molecular weight is 297 g/mol. The number of carbonyl (C=O) groups is 1. The molecule has 0 aliphatic carbocycles. The van der Waals surface area contributed by atoms with Crippen molar-refractivity contribution in [3.63, 3.8) is 0 Å². The molecule has 0 fully saturated rings. The van der Waals surface area contributed by atoms with Crippen molar-refractivity contribution in [3.8, 4) is 5.75 Å². The molecule has 0 spiro atoms. The van der Waals surface area contributed by atoms with Crippen molar-refractivity contribution in [3.05, 3.63) is 71.7 Å². The molecule has 0 saturated heterocycles. The molecule has 0 unspecified atom stereocenters. The van der Waals surface area contributed by atoms with Gasteiger partial charge in [-0.1, -0.05) is 24.3 Å². The molecule has 0 atom stereocenters. The van der Waals surface area contributed by atoms with E-state index in [0.717, 1.165) is 17.0 Å². The van der Waals surface area contributed by atoms with E-state index in [9.17, 15) is 9.18 Å². The van der Waals surface area contributed by atoms with Gasteiger partial charge in [-0.25, -0.2) is 14.2 Å². The zero-order chi connectivity index (χ0) is 15.5. The molecule has 0 saturated carbocycles. The lowest BCUT2D eigenvalue weighted by Crippen LogP contribution is -2.02. The number of fused-ring (bicyclic) bond motifs is 1. The van der Waals surface area contributed by atoms with E-state index in [1.165, 1.54) is 12.1 Å². The summed E-state index contributed by atoms with van der Waals surface area (Å²) in [6.07, 6.45) is 0. The van der Waals surface area contributed by atoms with Crippen molar-refractivity contribution in [2.24, 2.45) is 0 Å². The SMILES string of the molecule is O=C(O)c1ccc(OCc2ccc3ccccc3n2)c(F)c1. The monoisotopic (exact) mass is 297 g/mol. The molecule has 0 radical (unpaired) electrons. The highest BCUT2D eigenvalue weighted by atomic mass is 19.1. The van der Waals surface area contributed by atoms with Gasteiger partial charge in [-0.15, -0.1) is 0 Å². The number of pyridine rings is 1. The fourth-order valence-corrected chi connectivity index (χ4v) is 2.09. The maximum Gasteiger partial charge on any atom is 0.335 e. The smallest absolute Gasteiger partial charge is 0.335 e. The van der Waals surface area contributed by atoms with Gasteiger partial charge in [0.2, 0.25) is 0 Å². The van der Waals surface area contributed by atoms with E-state index in [2.05, 4.69) is 4.98 Å². The lowest BCUT2D eigenvalue weighted by atomic mass is 10.2. The molecule has 3 rings (SSSR count). The van der Waals surface area contributed by atoms with Crippen LogP contribution < -0.4 is 4.74 Å². The van der Waals surface area contributed by atoms with E-state index in [-0.39, 0.29) is 17.9 Å². The molecule has 2 aromatic carbocycles. The minimum atomic E-state index is -1.18. The van der Waals surface area contributed by atoms with Crippen molar-refractivity contribution < 1.29 is 19.0 Å². The summed E-state index contributed by atoms with van der Waals surface area (Å²) in [7, 11) is 0. The Hall–Kier alpha value is -2.95. The number of para-hydroxylation sites is 1.